The topological polar surface area (TPSA) is 38.7 Å². The van der Waals surface area contributed by atoms with E-state index in [-0.39, 0.29) is 5.41 Å². The second-order valence-electron chi connectivity index (χ2n) is 5.33. The third-order valence-electron chi connectivity index (χ3n) is 4.43. The highest BCUT2D eigenvalue weighted by atomic mass is 16.7. The van der Waals surface area contributed by atoms with Crippen LogP contribution in [0.5, 0.6) is 0 Å². The van der Waals surface area contributed by atoms with Crippen LogP contribution in [0, 0.1) is 5.41 Å². The second-order valence-corrected chi connectivity index (χ2v) is 5.33. The number of ether oxygens (including phenoxy) is 2. The molecule has 3 nitrogen and oxygen atoms in total. The average Bonchev–Trinajstić information content (AvgIpc) is 2.97. The summed E-state index contributed by atoms with van der Waals surface area (Å²) in [5.41, 5.74) is -0.325. The highest BCUT2D eigenvalue weighted by molar-refractivity contribution is 5.07. The zero-order valence-electron chi connectivity index (χ0n) is 11.1. The summed E-state index contributed by atoms with van der Waals surface area (Å²) < 4.78 is 11.8. The van der Waals surface area contributed by atoms with Gasteiger partial charge in [-0.1, -0.05) is 12.2 Å². The standard InChI is InChI=1S/C15H24O3/c1-3-5-7-13(16)14(8-4-2)9-6-10-15(14)17-11-12-18-15/h3-4,13,16H,1-2,5-12H2/t13-,14+/m1/s1. The van der Waals surface area contributed by atoms with E-state index in [0.717, 1.165) is 32.1 Å². The van der Waals surface area contributed by atoms with Gasteiger partial charge in [0.2, 0.25) is 0 Å². The fourth-order valence-electron chi connectivity index (χ4n) is 3.59. The van der Waals surface area contributed by atoms with Crippen molar-refractivity contribution in [2.45, 2.75) is 50.4 Å². The predicted molar refractivity (Wildman–Crippen MR) is 71.2 cm³/mol. The molecule has 1 heterocycles. The van der Waals surface area contributed by atoms with Crippen LogP contribution >= 0.6 is 0 Å². The average molecular weight is 252 g/mol. The molecule has 0 aromatic rings. The van der Waals surface area contributed by atoms with Gasteiger partial charge in [-0.15, -0.1) is 13.2 Å². The fraction of sp³-hybridized carbons (Fsp3) is 0.733. The lowest BCUT2D eigenvalue weighted by Gasteiger charge is -2.44. The highest BCUT2D eigenvalue weighted by Gasteiger charge is 2.61. The minimum atomic E-state index is -0.582. The number of allylic oxidation sites excluding steroid dienone is 2. The van der Waals surface area contributed by atoms with Gasteiger partial charge in [0.15, 0.2) is 5.79 Å². The summed E-state index contributed by atoms with van der Waals surface area (Å²) in [5, 5.41) is 10.6. The summed E-state index contributed by atoms with van der Waals surface area (Å²) in [5.74, 6) is -0.582. The van der Waals surface area contributed by atoms with Gasteiger partial charge in [-0.05, 0) is 32.1 Å². The maximum atomic E-state index is 10.6. The van der Waals surface area contributed by atoms with Crippen molar-refractivity contribution in [2.75, 3.05) is 13.2 Å². The summed E-state index contributed by atoms with van der Waals surface area (Å²) in [7, 11) is 0. The Kier molecular flexibility index (Phi) is 4.25. The van der Waals surface area contributed by atoms with Crippen molar-refractivity contribution in [2.24, 2.45) is 5.41 Å². The molecule has 1 N–H and O–H groups in total. The smallest absolute Gasteiger partial charge is 0.176 e. The molecule has 0 aromatic carbocycles. The lowest BCUT2D eigenvalue weighted by atomic mass is 9.72. The quantitative estimate of drug-likeness (QED) is 0.739. The zero-order chi connectivity index (χ0) is 13.1. The fourth-order valence-corrected chi connectivity index (χ4v) is 3.59. The summed E-state index contributed by atoms with van der Waals surface area (Å²) in [6.07, 6.45) is 8.45. The first-order valence-electron chi connectivity index (χ1n) is 6.88. The predicted octanol–water partition coefficient (Wildman–Crippen LogP) is 2.80. The first-order chi connectivity index (χ1) is 8.71. The van der Waals surface area contributed by atoms with Crippen LogP contribution < -0.4 is 0 Å². The van der Waals surface area contributed by atoms with Gasteiger partial charge in [-0.25, -0.2) is 0 Å². The molecule has 1 saturated carbocycles. The van der Waals surface area contributed by atoms with Gasteiger partial charge in [0.1, 0.15) is 0 Å². The Bertz CT molecular complexity index is 301. The van der Waals surface area contributed by atoms with Crippen LogP contribution in [-0.4, -0.2) is 30.2 Å². The van der Waals surface area contributed by atoms with Crippen molar-refractivity contribution in [3.05, 3.63) is 25.3 Å². The van der Waals surface area contributed by atoms with Gasteiger partial charge in [-0.3, -0.25) is 0 Å². The zero-order valence-corrected chi connectivity index (χ0v) is 11.1. The van der Waals surface area contributed by atoms with E-state index in [4.69, 9.17) is 9.47 Å². The van der Waals surface area contributed by atoms with Crippen molar-refractivity contribution < 1.29 is 14.6 Å². The Hall–Kier alpha value is -0.640. The molecule has 1 saturated heterocycles. The molecule has 0 amide bonds. The monoisotopic (exact) mass is 252 g/mol. The molecule has 102 valence electrons. The Morgan fingerprint density at radius 1 is 1.17 bits per heavy atom. The molecule has 1 spiro atoms. The van der Waals surface area contributed by atoms with E-state index in [9.17, 15) is 5.11 Å². The Morgan fingerprint density at radius 3 is 2.50 bits per heavy atom. The Balaban J connectivity index is 2.23. The van der Waals surface area contributed by atoms with Crippen molar-refractivity contribution in [1.82, 2.24) is 0 Å². The molecule has 18 heavy (non-hydrogen) atoms. The summed E-state index contributed by atoms with van der Waals surface area (Å²) in [6.45, 7) is 8.83. The maximum Gasteiger partial charge on any atom is 0.176 e. The third-order valence-corrected chi connectivity index (χ3v) is 4.43. The SMILES string of the molecule is C=CCC[C@@H](O)[C@]1(CC=C)CCCC12OCCO2. The van der Waals surface area contributed by atoms with E-state index >= 15 is 0 Å². The van der Waals surface area contributed by atoms with Crippen molar-refractivity contribution in [1.29, 1.82) is 0 Å². The van der Waals surface area contributed by atoms with Crippen LogP contribution in [0.15, 0.2) is 25.3 Å². The molecule has 2 aliphatic rings. The molecule has 1 aliphatic carbocycles. The van der Waals surface area contributed by atoms with Crippen LogP contribution in [-0.2, 0) is 9.47 Å². The molecular formula is C15H24O3. The van der Waals surface area contributed by atoms with Crippen LogP contribution in [0.3, 0.4) is 0 Å². The number of aliphatic hydroxyl groups excluding tert-OH is 1. The molecule has 1 aliphatic heterocycles. The van der Waals surface area contributed by atoms with Gasteiger partial charge in [0, 0.05) is 6.42 Å². The normalized spacial score (nSPS) is 31.6. The largest absolute Gasteiger partial charge is 0.392 e. The number of hydrogen-bond donors (Lipinski definition) is 1. The molecule has 2 fully saturated rings. The van der Waals surface area contributed by atoms with E-state index in [0.29, 0.717) is 19.6 Å². The first-order valence-corrected chi connectivity index (χ1v) is 6.88. The van der Waals surface area contributed by atoms with Crippen LogP contribution in [0.25, 0.3) is 0 Å². The van der Waals surface area contributed by atoms with Crippen LogP contribution in [0.1, 0.15) is 38.5 Å². The number of aliphatic hydroxyl groups is 1. The Labute approximate surface area is 109 Å². The van der Waals surface area contributed by atoms with E-state index in [1.165, 1.54) is 0 Å². The summed E-state index contributed by atoms with van der Waals surface area (Å²) >= 11 is 0. The first kappa shape index (κ1) is 13.8. The Morgan fingerprint density at radius 2 is 1.89 bits per heavy atom. The van der Waals surface area contributed by atoms with E-state index in [1.807, 2.05) is 12.2 Å². The van der Waals surface area contributed by atoms with Gasteiger partial charge in [0.05, 0.1) is 24.7 Å². The molecule has 0 unspecified atom stereocenters. The van der Waals surface area contributed by atoms with Crippen molar-refractivity contribution >= 4 is 0 Å². The van der Waals surface area contributed by atoms with Gasteiger partial charge < -0.3 is 14.6 Å². The van der Waals surface area contributed by atoms with Crippen LogP contribution in [0.2, 0.25) is 0 Å². The number of hydrogen-bond acceptors (Lipinski definition) is 3. The molecular weight excluding hydrogens is 228 g/mol. The molecule has 2 atom stereocenters. The van der Waals surface area contributed by atoms with Gasteiger partial charge in [-0.2, -0.15) is 0 Å². The molecule has 2 rings (SSSR count). The van der Waals surface area contributed by atoms with E-state index in [1.54, 1.807) is 0 Å². The minimum Gasteiger partial charge on any atom is -0.392 e. The third kappa shape index (κ3) is 2.04. The van der Waals surface area contributed by atoms with Crippen molar-refractivity contribution in [3.63, 3.8) is 0 Å². The van der Waals surface area contributed by atoms with Crippen molar-refractivity contribution in [3.8, 4) is 0 Å². The second kappa shape index (κ2) is 5.55. The maximum absolute atomic E-state index is 10.6. The van der Waals surface area contributed by atoms with Gasteiger partial charge in [0.25, 0.3) is 0 Å². The molecule has 0 bridgehead atoms. The molecule has 3 heteroatoms. The summed E-state index contributed by atoms with van der Waals surface area (Å²) in [4.78, 5) is 0. The minimum absolute atomic E-state index is 0.325. The lowest BCUT2D eigenvalue weighted by molar-refractivity contribution is -0.248. The molecule has 0 radical (unpaired) electrons. The highest BCUT2D eigenvalue weighted by Crippen LogP contribution is 2.56. The number of rotatable bonds is 6. The van der Waals surface area contributed by atoms with Crippen LogP contribution in [0.4, 0.5) is 0 Å². The van der Waals surface area contributed by atoms with E-state index < -0.39 is 11.9 Å². The van der Waals surface area contributed by atoms with E-state index in [2.05, 4.69) is 13.2 Å². The lowest BCUT2D eigenvalue weighted by Crippen LogP contribution is -2.52. The van der Waals surface area contributed by atoms with Gasteiger partial charge >= 0.3 is 0 Å². The summed E-state index contributed by atoms with van der Waals surface area (Å²) in [6, 6.07) is 0. The molecule has 0 aromatic heterocycles.